The van der Waals surface area contributed by atoms with Crippen molar-refractivity contribution in [1.29, 1.82) is 0 Å². The first kappa shape index (κ1) is 19.3. The van der Waals surface area contributed by atoms with E-state index in [0.717, 1.165) is 17.2 Å². The minimum atomic E-state index is -2.87. The summed E-state index contributed by atoms with van der Waals surface area (Å²) < 4.78 is 40.7. The molecular weight excluding hydrogens is 397 g/mol. The van der Waals surface area contributed by atoms with Gasteiger partial charge in [0.15, 0.2) is 5.65 Å². The van der Waals surface area contributed by atoms with E-state index in [9.17, 15) is 13.2 Å². The number of benzene rings is 1. The van der Waals surface area contributed by atoms with Crippen LogP contribution in [0.3, 0.4) is 0 Å². The molecule has 1 atom stereocenters. The second-order valence-electron chi connectivity index (χ2n) is 6.64. The number of rotatable bonds is 5. The van der Waals surface area contributed by atoms with E-state index in [1.165, 1.54) is 12.1 Å². The Balaban J connectivity index is 1.75. The van der Waals surface area contributed by atoms with Crippen molar-refractivity contribution >= 4 is 28.2 Å². The number of nitrogens with zero attached hydrogens (tertiary/aromatic N) is 3. The Labute approximate surface area is 169 Å². The Morgan fingerprint density at radius 3 is 2.59 bits per heavy atom. The van der Waals surface area contributed by atoms with Crippen molar-refractivity contribution < 1.29 is 13.2 Å². The fourth-order valence-corrected chi connectivity index (χ4v) is 3.84. The molecule has 0 aliphatic rings. The SMILES string of the molecule is Cc1nc(N[C@H](C)c2cccc(C(F)F)c2F)c2cc(-c3ccsc3)cnc2n1. The number of alkyl halides is 2. The molecule has 0 saturated heterocycles. The Hall–Kier alpha value is -3.00. The summed E-state index contributed by atoms with van der Waals surface area (Å²) in [4.78, 5) is 13.2. The summed E-state index contributed by atoms with van der Waals surface area (Å²) in [5.74, 6) is 0.0749. The quantitative estimate of drug-likeness (QED) is 0.416. The van der Waals surface area contributed by atoms with Gasteiger partial charge in [-0.15, -0.1) is 0 Å². The van der Waals surface area contributed by atoms with Crippen LogP contribution in [0.5, 0.6) is 0 Å². The van der Waals surface area contributed by atoms with Gasteiger partial charge in [0.25, 0.3) is 6.43 Å². The first-order chi connectivity index (χ1) is 13.9. The van der Waals surface area contributed by atoms with Crippen LogP contribution in [0.1, 0.15) is 36.3 Å². The van der Waals surface area contributed by atoms with Crippen molar-refractivity contribution in [3.63, 3.8) is 0 Å². The van der Waals surface area contributed by atoms with Gasteiger partial charge in [-0.25, -0.2) is 28.1 Å². The van der Waals surface area contributed by atoms with Crippen LogP contribution in [-0.2, 0) is 0 Å². The molecule has 0 bridgehead atoms. The zero-order valence-corrected chi connectivity index (χ0v) is 16.5. The third kappa shape index (κ3) is 3.80. The van der Waals surface area contributed by atoms with E-state index in [1.54, 1.807) is 31.4 Å². The Morgan fingerprint density at radius 1 is 1.07 bits per heavy atom. The second-order valence-corrected chi connectivity index (χ2v) is 7.42. The maximum absolute atomic E-state index is 14.6. The highest BCUT2D eigenvalue weighted by Crippen LogP contribution is 2.31. The van der Waals surface area contributed by atoms with Crippen LogP contribution >= 0.6 is 11.3 Å². The zero-order chi connectivity index (χ0) is 20.5. The van der Waals surface area contributed by atoms with Crippen molar-refractivity contribution in [2.45, 2.75) is 26.3 Å². The van der Waals surface area contributed by atoms with Gasteiger partial charge in [0, 0.05) is 17.3 Å². The van der Waals surface area contributed by atoms with Crippen molar-refractivity contribution in [2.24, 2.45) is 0 Å². The molecule has 4 nitrogen and oxygen atoms in total. The molecule has 29 heavy (non-hydrogen) atoms. The maximum Gasteiger partial charge on any atom is 0.266 e. The molecule has 0 unspecified atom stereocenters. The summed E-state index contributed by atoms with van der Waals surface area (Å²) in [6.07, 6.45) is -1.13. The van der Waals surface area contributed by atoms with E-state index >= 15 is 0 Å². The average Bonchev–Trinajstić information content (AvgIpc) is 3.22. The van der Waals surface area contributed by atoms with Gasteiger partial charge < -0.3 is 5.32 Å². The lowest BCUT2D eigenvalue weighted by Crippen LogP contribution is -2.12. The molecular formula is C21H17F3N4S. The lowest BCUT2D eigenvalue weighted by atomic mass is 10.0. The molecule has 3 heterocycles. The molecule has 3 aromatic heterocycles. The minimum Gasteiger partial charge on any atom is -0.363 e. The van der Waals surface area contributed by atoms with Crippen molar-refractivity contribution in [3.8, 4) is 11.1 Å². The molecule has 8 heteroatoms. The Bertz CT molecular complexity index is 1160. The molecule has 0 amide bonds. The Morgan fingerprint density at radius 2 is 1.86 bits per heavy atom. The third-order valence-electron chi connectivity index (χ3n) is 4.63. The number of hydrogen-bond donors (Lipinski definition) is 1. The molecule has 4 rings (SSSR count). The number of aromatic nitrogens is 3. The van der Waals surface area contributed by atoms with E-state index in [4.69, 9.17) is 0 Å². The monoisotopic (exact) mass is 414 g/mol. The summed E-state index contributed by atoms with van der Waals surface area (Å²) in [7, 11) is 0. The van der Waals surface area contributed by atoms with Gasteiger partial charge in [-0.2, -0.15) is 11.3 Å². The van der Waals surface area contributed by atoms with Crippen LogP contribution in [0.25, 0.3) is 22.2 Å². The van der Waals surface area contributed by atoms with Gasteiger partial charge in [-0.05, 0) is 42.3 Å². The van der Waals surface area contributed by atoms with E-state index in [0.29, 0.717) is 22.7 Å². The maximum atomic E-state index is 14.6. The molecule has 1 aromatic carbocycles. The van der Waals surface area contributed by atoms with Gasteiger partial charge in [-0.1, -0.05) is 18.2 Å². The normalized spacial score (nSPS) is 12.5. The summed E-state index contributed by atoms with van der Waals surface area (Å²) in [6.45, 7) is 3.44. The average molecular weight is 414 g/mol. The van der Waals surface area contributed by atoms with Gasteiger partial charge in [0.1, 0.15) is 17.5 Å². The van der Waals surface area contributed by atoms with Gasteiger partial charge in [0.2, 0.25) is 0 Å². The predicted octanol–water partition coefficient (Wildman–Crippen LogP) is 6.31. The minimum absolute atomic E-state index is 0.147. The highest BCUT2D eigenvalue weighted by atomic mass is 32.1. The van der Waals surface area contributed by atoms with Crippen molar-refractivity contribution in [1.82, 2.24) is 15.0 Å². The highest BCUT2D eigenvalue weighted by molar-refractivity contribution is 7.08. The number of nitrogens with one attached hydrogen (secondary N) is 1. The highest BCUT2D eigenvalue weighted by Gasteiger charge is 2.20. The molecule has 0 aliphatic heterocycles. The molecule has 0 saturated carbocycles. The summed E-state index contributed by atoms with van der Waals surface area (Å²) in [5.41, 5.74) is 1.98. The Kier molecular flexibility index (Phi) is 5.19. The standard InChI is InChI=1S/C21H17F3N4S/c1-11(15-4-3-5-16(18(15)22)19(23)24)26-21-17-8-14(13-6-7-29-10-13)9-25-20(17)27-12(2)28-21/h3-11,19H,1-2H3,(H,25,26,27,28)/t11-/m1/s1. The smallest absolute Gasteiger partial charge is 0.266 e. The van der Waals surface area contributed by atoms with Crippen LogP contribution in [0.2, 0.25) is 0 Å². The second kappa shape index (κ2) is 7.79. The summed E-state index contributed by atoms with van der Waals surface area (Å²) >= 11 is 1.58. The van der Waals surface area contributed by atoms with Crippen LogP contribution in [0.4, 0.5) is 19.0 Å². The molecule has 4 aromatic rings. The fraction of sp³-hybridized carbons (Fsp3) is 0.190. The number of halogens is 3. The number of pyridine rings is 1. The number of hydrogen-bond acceptors (Lipinski definition) is 5. The lowest BCUT2D eigenvalue weighted by molar-refractivity contribution is 0.146. The number of aryl methyl sites for hydroxylation is 1. The molecule has 0 radical (unpaired) electrons. The largest absolute Gasteiger partial charge is 0.363 e. The van der Waals surface area contributed by atoms with E-state index in [-0.39, 0.29) is 5.56 Å². The predicted molar refractivity (Wildman–Crippen MR) is 109 cm³/mol. The van der Waals surface area contributed by atoms with E-state index in [2.05, 4.69) is 20.3 Å². The van der Waals surface area contributed by atoms with Crippen LogP contribution in [-0.4, -0.2) is 15.0 Å². The molecule has 0 spiro atoms. The molecule has 148 valence electrons. The first-order valence-electron chi connectivity index (χ1n) is 8.94. The van der Waals surface area contributed by atoms with Crippen LogP contribution in [0, 0.1) is 12.7 Å². The summed E-state index contributed by atoms with van der Waals surface area (Å²) in [5, 5.41) is 7.82. The number of fused-ring (bicyclic) bond motifs is 1. The summed E-state index contributed by atoms with van der Waals surface area (Å²) in [6, 6.07) is 7.34. The van der Waals surface area contributed by atoms with E-state index < -0.39 is 23.8 Å². The fourth-order valence-electron chi connectivity index (χ4n) is 3.17. The third-order valence-corrected chi connectivity index (χ3v) is 5.31. The molecule has 0 fully saturated rings. The lowest BCUT2D eigenvalue weighted by Gasteiger charge is -2.18. The van der Waals surface area contributed by atoms with Gasteiger partial charge in [0.05, 0.1) is 17.0 Å². The van der Waals surface area contributed by atoms with E-state index in [1.807, 2.05) is 22.9 Å². The van der Waals surface area contributed by atoms with Crippen molar-refractivity contribution in [2.75, 3.05) is 5.32 Å². The topological polar surface area (TPSA) is 50.7 Å². The molecule has 0 aliphatic carbocycles. The van der Waals surface area contributed by atoms with Gasteiger partial charge in [-0.3, -0.25) is 0 Å². The zero-order valence-electron chi connectivity index (χ0n) is 15.7. The number of anilines is 1. The van der Waals surface area contributed by atoms with Crippen LogP contribution < -0.4 is 5.32 Å². The van der Waals surface area contributed by atoms with Crippen LogP contribution in [0.15, 0.2) is 47.3 Å². The number of thiophene rings is 1. The first-order valence-corrected chi connectivity index (χ1v) is 9.88. The van der Waals surface area contributed by atoms with Gasteiger partial charge >= 0.3 is 0 Å². The molecule has 1 N–H and O–H groups in total. The van der Waals surface area contributed by atoms with Crippen molar-refractivity contribution in [3.05, 3.63) is 70.1 Å².